The molecule has 1 N–H and O–H groups in total. The van der Waals surface area contributed by atoms with Gasteiger partial charge in [-0.15, -0.1) is 0 Å². The quantitative estimate of drug-likeness (QED) is 0.208. The first kappa shape index (κ1) is 20.4. The van der Waals surface area contributed by atoms with Crippen molar-refractivity contribution in [3.63, 3.8) is 0 Å². The molecule has 9 heteroatoms. The van der Waals surface area contributed by atoms with Gasteiger partial charge < -0.3 is 9.15 Å². The van der Waals surface area contributed by atoms with E-state index in [9.17, 15) is 9.59 Å². The molecule has 2 aromatic heterocycles. The summed E-state index contributed by atoms with van der Waals surface area (Å²) in [5.74, 6) is 0.888. The summed E-state index contributed by atoms with van der Waals surface area (Å²) in [5.41, 5.74) is 3.42. The number of benzene rings is 2. The first-order valence-corrected chi connectivity index (χ1v) is 10.3. The highest BCUT2D eigenvalue weighted by atomic mass is 32.2. The van der Waals surface area contributed by atoms with Crippen LogP contribution in [0.15, 0.2) is 86.4 Å². The highest BCUT2D eigenvalue weighted by Crippen LogP contribution is 2.22. The van der Waals surface area contributed by atoms with Crippen LogP contribution in [0, 0.1) is 0 Å². The van der Waals surface area contributed by atoms with Crippen molar-refractivity contribution in [2.45, 2.75) is 5.16 Å². The molecule has 4 rings (SSSR count). The summed E-state index contributed by atoms with van der Waals surface area (Å²) in [7, 11) is 1.58. The second kappa shape index (κ2) is 9.31. The maximum absolute atomic E-state index is 13.2. The van der Waals surface area contributed by atoms with Crippen molar-refractivity contribution in [3.05, 3.63) is 83.0 Å². The van der Waals surface area contributed by atoms with E-state index in [-0.39, 0.29) is 17.2 Å². The van der Waals surface area contributed by atoms with E-state index in [4.69, 9.17) is 9.15 Å². The molecule has 156 valence electrons. The van der Waals surface area contributed by atoms with Gasteiger partial charge in [0.25, 0.3) is 11.5 Å². The van der Waals surface area contributed by atoms with Crippen molar-refractivity contribution in [1.82, 2.24) is 15.0 Å². The van der Waals surface area contributed by atoms with Gasteiger partial charge in [0.05, 0.1) is 41.9 Å². The third kappa shape index (κ3) is 4.67. The topological polar surface area (TPSA) is 98.7 Å². The Morgan fingerprint density at radius 1 is 1.19 bits per heavy atom. The van der Waals surface area contributed by atoms with Crippen LogP contribution < -0.4 is 15.7 Å². The monoisotopic (exact) mass is 434 g/mol. The number of nitrogens with zero attached hydrogens (tertiary/aromatic N) is 3. The van der Waals surface area contributed by atoms with Gasteiger partial charge >= 0.3 is 0 Å². The summed E-state index contributed by atoms with van der Waals surface area (Å²) in [6, 6.07) is 17.6. The normalized spacial score (nSPS) is 11.1. The number of rotatable bonds is 7. The molecule has 31 heavy (non-hydrogen) atoms. The smallest absolute Gasteiger partial charge is 0.266 e. The molecule has 0 saturated carbocycles. The Morgan fingerprint density at radius 3 is 2.74 bits per heavy atom. The lowest BCUT2D eigenvalue weighted by molar-refractivity contribution is -0.118. The van der Waals surface area contributed by atoms with E-state index in [1.54, 1.807) is 61.7 Å². The van der Waals surface area contributed by atoms with Crippen molar-refractivity contribution in [2.24, 2.45) is 5.10 Å². The summed E-state index contributed by atoms with van der Waals surface area (Å²) in [5, 5.41) is 4.76. The molecule has 4 aromatic rings. The molecule has 0 aliphatic carbocycles. The van der Waals surface area contributed by atoms with Gasteiger partial charge in [-0.1, -0.05) is 23.9 Å². The molecule has 0 spiro atoms. The lowest BCUT2D eigenvalue weighted by Crippen LogP contribution is -2.24. The highest BCUT2D eigenvalue weighted by molar-refractivity contribution is 7.99. The SMILES string of the molecule is COc1ccc(-n2c(SCC(=O)NN=Cc3ccco3)nc3ccccc3c2=O)cc1. The predicted octanol–water partition coefficient (Wildman–Crippen LogP) is 3.23. The van der Waals surface area contributed by atoms with Crippen LogP contribution in [0.1, 0.15) is 5.76 Å². The number of hydrogen-bond donors (Lipinski definition) is 1. The number of nitrogens with one attached hydrogen (secondary N) is 1. The van der Waals surface area contributed by atoms with Crippen molar-refractivity contribution in [3.8, 4) is 11.4 Å². The number of aromatic nitrogens is 2. The van der Waals surface area contributed by atoms with Crippen molar-refractivity contribution >= 4 is 34.8 Å². The molecular weight excluding hydrogens is 416 g/mol. The van der Waals surface area contributed by atoms with E-state index in [0.717, 1.165) is 11.8 Å². The van der Waals surface area contributed by atoms with Crippen LogP contribution in [0.5, 0.6) is 5.75 Å². The number of methoxy groups -OCH3 is 1. The number of furan rings is 1. The summed E-state index contributed by atoms with van der Waals surface area (Å²) in [6.07, 6.45) is 2.92. The van der Waals surface area contributed by atoms with Gasteiger partial charge in [-0.05, 0) is 48.5 Å². The van der Waals surface area contributed by atoms with E-state index in [0.29, 0.717) is 33.3 Å². The van der Waals surface area contributed by atoms with E-state index in [1.165, 1.54) is 17.0 Å². The van der Waals surface area contributed by atoms with Gasteiger partial charge in [0.1, 0.15) is 11.5 Å². The number of carbonyl (C=O) groups excluding carboxylic acids is 1. The third-order valence-corrected chi connectivity index (χ3v) is 5.27. The molecule has 0 fully saturated rings. The zero-order valence-electron chi connectivity index (χ0n) is 16.5. The fourth-order valence-electron chi connectivity index (χ4n) is 2.86. The molecule has 2 aromatic carbocycles. The minimum atomic E-state index is -0.337. The van der Waals surface area contributed by atoms with Crippen LogP contribution in [-0.2, 0) is 4.79 Å². The number of hydrazone groups is 1. The Bertz CT molecular complexity index is 1280. The number of carbonyl (C=O) groups is 1. The van der Waals surface area contributed by atoms with Crippen molar-refractivity contribution in [1.29, 1.82) is 0 Å². The summed E-state index contributed by atoms with van der Waals surface area (Å²) >= 11 is 1.15. The van der Waals surface area contributed by atoms with Gasteiger partial charge in [-0.3, -0.25) is 14.2 Å². The van der Waals surface area contributed by atoms with Crippen molar-refractivity contribution < 1.29 is 13.9 Å². The first-order chi connectivity index (χ1) is 15.2. The Balaban J connectivity index is 1.61. The Hall–Kier alpha value is -3.85. The Morgan fingerprint density at radius 2 is 2.00 bits per heavy atom. The van der Waals surface area contributed by atoms with Gasteiger partial charge in [-0.2, -0.15) is 5.10 Å². The molecule has 0 unspecified atom stereocenters. The summed E-state index contributed by atoms with van der Waals surface area (Å²) in [4.78, 5) is 30.0. The lowest BCUT2D eigenvalue weighted by Gasteiger charge is -2.13. The average molecular weight is 434 g/mol. The fourth-order valence-corrected chi connectivity index (χ4v) is 3.67. The Kier molecular flexibility index (Phi) is 6.13. The van der Waals surface area contributed by atoms with Crippen LogP contribution in [0.3, 0.4) is 0 Å². The van der Waals surface area contributed by atoms with E-state index in [1.807, 2.05) is 6.07 Å². The van der Waals surface area contributed by atoms with Gasteiger partial charge in [0.15, 0.2) is 5.16 Å². The summed E-state index contributed by atoms with van der Waals surface area (Å²) in [6.45, 7) is 0. The molecule has 0 atom stereocenters. The number of ether oxygens (including phenoxy) is 1. The van der Waals surface area contributed by atoms with Gasteiger partial charge in [0.2, 0.25) is 0 Å². The molecular formula is C22H18N4O4S. The maximum Gasteiger partial charge on any atom is 0.266 e. The molecule has 0 aliphatic heterocycles. The van der Waals surface area contributed by atoms with E-state index >= 15 is 0 Å². The average Bonchev–Trinajstić information content (AvgIpc) is 3.31. The van der Waals surface area contributed by atoms with E-state index in [2.05, 4.69) is 15.5 Å². The molecule has 0 bridgehead atoms. The maximum atomic E-state index is 13.2. The van der Waals surface area contributed by atoms with Gasteiger partial charge in [0, 0.05) is 0 Å². The van der Waals surface area contributed by atoms with Crippen LogP contribution in [0.2, 0.25) is 0 Å². The van der Waals surface area contributed by atoms with Crippen LogP contribution in [-0.4, -0.2) is 34.5 Å². The minimum absolute atomic E-state index is 0.0242. The zero-order valence-corrected chi connectivity index (χ0v) is 17.3. The number of amides is 1. The van der Waals surface area contributed by atoms with Crippen LogP contribution >= 0.6 is 11.8 Å². The number of fused-ring (bicyclic) bond motifs is 1. The molecule has 0 saturated heterocycles. The highest BCUT2D eigenvalue weighted by Gasteiger charge is 2.15. The summed E-state index contributed by atoms with van der Waals surface area (Å²) < 4.78 is 11.8. The third-order valence-electron chi connectivity index (χ3n) is 4.33. The second-order valence-corrected chi connectivity index (χ2v) is 7.29. The standard InChI is InChI=1S/C22H18N4O4S/c1-29-16-10-8-15(9-11-16)26-21(28)18-6-2-3-7-19(18)24-22(26)31-14-20(27)25-23-13-17-5-4-12-30-17/h2-13H,14H2,1H3,(H,25,27). The molecule has 0 radical (unpaired) electrons. The molecule has 0 aliphatic rings. The van der Waals surface area contributed by atoms with Crippen molar-refractivity contribution in [2.75, 3.05) is 12.9 Å². The van der Waals surface area contributed by atoms with E-state index < -0.39 is 0 Å². The van der Waals surface area contributed by atoms with Gasteiger partial charge in [-0.25, -0.2) is 10.4 Å². The fraction of sp³-hybridized carbons (Fsp3) is 0.0909. The molecule has 1 amide bonds. The Labute approximate surface area is 181 Å². The zero-order chi connectivity index (χ0) is 21.6. The number of hydrogen-bond acceptors (Lipinski definition) is 7. The van der Waals surface area contributed by atoms with Crippen LogP contribution in [0.25, 0.3) is 16.6 Å². The predicted molar refractivity (Wildman–Crippen MR) is 119 cm³/mol. The molecule has 8 nitrogen and oxygen atoms in total. The van der Waals surface area contributed by atoms with Crippen LogP contribution in [0.4, 0.5) is 0 Å². The molecule has 2 heterocycles. The largest absolute Gasteiger partial charge is 0.497 e. The first-order valence-electron chi connectivity index (χ1n) is 9.30. The minimum Gasteiger partial charge on any atom is -0.497 e. The lowest BCUT2D eigenvalue weighted by atomic mass is 10.2. The second-order valence-electron chi connectivity index (χ2n) is 6.35. The number of thioether (sulfide) groups is 1. The number of para-hydroxylation sites is 1.